The molecule has 4 heteroatoms. The fourth-order valence-corrected chi connectivity index (χ4v) is 1.86. The molecule has 1 aromatic carbocycles. The average Bonchev–Trinajstić information content (AvgIpc) is 2.18. The molecule has 1 aromatic rings. The molecule has 0 heterocycles. The fraction of sp³-hybridized carbons (Fsp3) is 0.182. The van der Waals surface area contributed by atoms with Crippen molar-refractivity contribution in [3.8, 4) is 0 Å². The first-order valence-electron chi connectivity index (χ1n) is 4.42. The number of rotatable bonds is 3. The quantitative estimate of drug-likeness (QED) is 0.849. The molecule has 1 amide bonds. The van der Waals surface area contributed by atoms with Crippen molar-refractivity contribution < 1.29 is 4.79 Å². The topological polar surface area (TPSA) is 29.1 Å². The van der Waals surface area contributed by atoms with Gasteiger partial charge >= 0.3 is 0 Å². The highest BCUT2D eigenvalue weighted by Gasteiger charge is 2.12. The molecule has 0 aromatic heterocycles. The molecule has 2 nitrogen and oxygen atoms in total. The molecule has 1 atom stereocenters. The largest absolute Gasteiger partial charge is 0.345 e. The highest BCUT2D eigenvalue weighted by Crippen LogP contribution is 2.22. The van der Waals surface area contributed by atoms with Gasteiger partial charge in [-0.15, -0.1) is 0 Å². The van der Waals surface area contributed by atoms with Gasteiger partial charge in [0.05, 0.1) is 11.1 Å². The molecule has 0 aliphatic heterocycles. The lowest BCUT2D eigenvalue weighted by atomic mass is 10.1. The van der Waals surface area contributed by atoms with Gasteiger partial charge in [0.2, 0.25) is 0 Å². The van der Waals surface area contributed by atoms with E-state index in [2.05, 4.69) is 27.8 Å². The lowest BCUT2D eigenvalue weighted by molar-refractivity contribution is -0.117. The van der Waals surface area contributed by atoms with Crippen LogP contribution in [0.15, 0.2) is 40.3 Å². The molecule has 1 rings (SSSR count). The van der Waals surface area contributed by atoms with Gasteiger partial charge in [0.15, 0.2) is 0 Å². The summed E-state index contributed by atoms with van der Waals surface area (Å²) < 4.78 is 0.956. The first kappa shape index (κ1) is 12.3. The van der Waals surface area contributed by atoms with Gasteiger partial charge in [-0.05, 0) is 18.6 Å². The second-order valence-electron chi connectivity index (χ2n) is 3.12. The number of hydrogen-bond donors (Lipinski definition) is 1. The third-order valence-corrected chi connectivity index (χ3v) is 2.86. The maximum Gasteiger partial charge on any atom is 0.262 e. The zero-order chi connectivity index (χ0) is 11.4. The number of hydrogen-bond acceptors (Lipinski definition) is 1. The zero-order valence-corrected chi connectivity index (χ0v) is 10.6. The standard InChI is InChI=1S/C11H11BrClNO/c1-7(13)11(15)14-8(2)9-5-3-4-6-10(9)12/h3-6,8H,1H2,2H3,(H,14,15)/t8-/m0/s1. The second-order valence-corrected chi connectivity index (χ2v) is 4.43. The van der Waals surface area contributed by atoms with E-state index in [0.717, 1.165) is 10.0 Å². The van der Waals surface area contributed by atoms with Gasteiger partial charge in [-0.3, -0.25) is 4.79 Å². The number of carbonyl (C=O) groups is 1. The van der Waals surface area contributed by atoms with Crippen molar-refractivity contribution in [2.75, 3.05) is 0 Å². The van der Waals surface area contributed by atoms with Crippen molar-refractivity contribution in [3.05, 3.63) is 45.9 Å². The Morgan fingerprint density at radius 3 is 2.67 bits per heavy atom. The average molecular weight is 289 g/mol. The van der Waals surface area contributed by atoms with Gasteiger partial charge in [-0.1, -0.05) is 52.3 Å². The maximum absolute atomic E-state index is 11.3. The Bertz CT molecular complexity index is 392. The SMILES string of the molecule is C=C(Cl)C(=O)N[C@@H](C)c1ccccc1Br. The van der Waals surface area contributed by atoms with Gasteiger partial charge in [-0.2, -0.15) is 0 Å². The molecule has 15 heavy (non-hydrogen) atoms. The van der Waals surface area contributed by atoms with Crippen LogP contribution in [-0.2, 0) is 4.79 Å². The molecule has 0 saturated heterocycles. The Kier molecular flexibility index (Phi) is 4.36. The summed E-state index contributed by atoms with van der Waals surface area (Å²) in [6.45, 7) is 5.25. The fourth-order valence-electron chi connectivity index (χ4n) is 1.18. The van der Waals surface area contributed by atoms with Crippen LogP contribution in [0.3, 0.4) is 0 Å². The van der Waals surface area contributed by atoms with Crippen molar-refractivity contribution in [2.24, 2.45) is 0 Å². The summed E-state index contributed by atoms with van der Waals surface area (Å²) in [4.78, 5) is 11.3. The molecule has 0 aliphatic rings. The van der Waals surface area contributed by atoms with Crippen LogP contribution in [0.4, 0.5) is 0 Å². The van der Waals surface area contributed by atoms with Crippen molar-refractivity contribution in [2.45, 2.75) is 13.0 Å². The Morgan fingerprint density at radius 2 is 2.13 bits per heavy atom. The number of halogens is 2. The van der Waals surface area contributed by atoms with Gasteiger partial charge < -0.3 is 5.32 Å². The number of amides is 1. The van der Waals surface area contributed by atoms with E-state index >= 15 is 0 Å². The molecule has 1 N–H and O–H groups in total. The molecule has 0 aliphatic carbocycles. The van der Waals surface area contributed by atoms with Gasteiger partial charge in [0.25, 0.3) is 5.91 Å². The normalized spacial score (nSPS) is 11.9. The van der Waals surface area contributed by atoms with Gasteiger partial charge in [0.1, 0.15) is 0 Å². The van der Waals surface area contributed by atoms with E-state index in [-0.39, 0.29) is 17.0 Å². The zero-order valence-electron chi connectivity index (χ0n) is 8.26. The van der Waals surface area contributed by atoms with Crippen molar-refractivity contribution in [1.82, 2.24) is 5.32 Å². The molecular formula is C11H11BrClNO. The molecular weight excluding hydrogens is 277 g/mol. The lowest BCUT2D eigenvalue weighted by Crippen LogP contribution is -2.26. The van der Waals surface area contributed by atoms with E-state index in [9.17, 15) is 4.79 Å². The Labute approximate surface area is 102 Å². The molecule has 0 bridgehead atoms. The van der Waals surface area contributed by atoms with E-state index < -0.39 is 0 Å². The minimum Gasteiger partial charge on any atom is -0.345 e. The van der Waals surface area contributed by atoms with Crippen LogP contribution in [0.1, 0.15) is 18.5 Å². The minimum absolute atomic E-state index is 0.00564. The van der Waals surface area contributed by atoms with Crippen molar-refractivity contribution in [3.63, 3.8) is 0 Å². The monoisotopic (exact) mass is 287 g/mol. The Hall–Kier alpha value is -0.800. The van der Waals surface area contributed by atoms with E-state index in [1.807, 2.05) is 31.2 Å². The molecule has 80 valence electrons. The van der Waals surface area contributed by atoms with Gasteiger partial charge in [0, 0.05) is 4.47 Å². The summed E-state index contributed by atoms with van der Waals surface area (Å²) in [7, 11) is 0. The molecule has 0 unspecified atom stereocenters. The summed E-state index contributed by atoms with van der Waals surface area (Å²) in [6.07, 6.45) is 0. The van der Waals surface area contributed by atoms with Crippen molar-refractivity contribution >= 4 is 33.4 Å². The number of benzene rings is 1. The predicted molar refractivity (Wildman–Crippen MR) is 65.7 cm³/mol. The second kappa shape index (κ2) is 5.33. The minimum atomic E-state index is -0.347. The van der Waals surface area contributed by atoms with Crippen LogP contribution in [-0.4, -0.2) is 5.91 Å². The smallest absolute Gasteiger partial charge is 0.262 e. The van der Waals surface area contributed by atoms with Crippen molar-refractivity contribution in [1.29, 1.82) is 0 Å². The van der Waals surface area contributed by atoms with Crippen LogP contribution < -0.4 is 5.32 Å². The van der Waals surface area contributed by atoms with E-state index in [1.165, 1.54) is 0 Å². The summed E-state index contributed by atoms with van der Waals surface area (Å²) >= 11 is 8.90. The van der Waals surface area contributed by atoms with E-state index in [4.69, 9.17) is 11.6 Å². The molecule has 0 fully saturated rings. The van der Waals surface area contributed by atoms with Gasteiger partial charge in [-0.25, -0.2) is 0 Å². The van der Waals surface area contributed by atoms with E-state index in [0.29, 0.717) is 0 Å². The van der Waals surface area contributed by atoms with Crippen LogP contribution in [0, 0.1) is 0 Å². The predicted octanol–water partition coefficient (Wildman–Crippen LogP) is 3.38. The summed E-state index contributed by atoms with van der Waals surface area (Å²) in [5.74, 6) is -0.347. The lowest BCUT2D eigenvalue weighted by Gasteiger charge is -2.15. The maximum atomic E-state index is 11.3. The highest BCUT2D eigenvalue weighted by atomic mass is 79.9. The third kappa shape index (κ3) is 3.36. The summed E-state index contributed by atoms with van der Waals surface area (Å²) in [5.41, 5.74) is 1.00. The van der Waals surface area contributed by atoms with E-state index in [1.54, 1.807) is 0 Å². The molecule has 0 radical (unpaired) electrons. The molecule has 0 saturated carbocycles. The Morgan fingerprint density at radius 1 is 1.53 bits per heavy atom. The highest BCUT2D eigenvalue weighted by molar-refractivity contribution is 9.10. The number of nitrogens with one attached hydrogen (secondary N) is 1. The molecule has 0 spiro atoms. The van der Waals surface area contributed by atoms with Crippen LogP contribution >= 0.6 is 27.5 Å². The first-order valence-corrected chi connectivity index (χ1v) is 5.59. The number of carbonyl (C=O) groups excluding carboxylic acids is 1. The van der Waals surface area contributed by atoms with Crippen LogP contribution in [0.5, 0.6) is 0 Å². The Balaban J connectivity index is 2.78. The third-order valence-electron chi connectivity index (χ3n) is 1.97. The summed E-state index contributed by atoms with van der Waals surface area (Å²) in [6, 6.07) is 7.59. The van der Waals surface area contributed by atoms with Crippen LogP contribution in [0.25, 0.3) is 0 Å². The van der Waals surface area contributed by atoms with Crippen LogP contribution in [0.2, 0.25) is 0 Å². The summed E-state index contributed by atoms with van der Waals surface area (Å²) in [5, 5.41) is 2.73. The first-order chi connectivity index (χ1) is 7.02.